The Bertz CT molecular complexity index is 1490. The van der Waals surface area contributed by atoms with Gasteiger partial charge in [-0.25, -0.2) is 0 Å². The molecular formula is C31H24BF4N3. The molecule has 0 aliphatic heterocycles. The van der Waals surface area contributed by atoms with E-state index in [1.807, 2.05) is 42.5 Å². The van der Waals surface area contributed by atoms with E-state index in [9.17, 15) is 22.5 Å². The second-order valence-electron chi connectivity index (χ2n) is 8.55. The predicted molar refractivity (Wildman–Crippen MR) is 147 cm³/mol. The van der Waals surface area contributed by atoms with Gasteiger partial charge in [-0.1, -0.05) is 89.6 Å². The van der Waals surface area contributed by atoms with Crippen LogP contribution in [0.1, 0.15) is 11.1 Å². The highest BCUT2D eigenvalue weighted by Crippen LogP contribution is 2.28. The van der Waals surface area contributed by atoms with Crippen LogP contribution in [0.5, 0.6) is 0 Å². The maximum atomic E-state index is 9.75. The zero-order chi connectivity index (χ0) is 27.7. The molecule has 8 heteroatoms. The second-order valence-corrected chi connectivity index (χ2v) is 8.55. The minimum Gasteiger partial charge on any atom is -0.418 e. The van der Waals surface area contributed by atoms with Crippen LogP contribution in [0.2, 0.25) is 0 Å². The van der Waals surface area contributed by atoms with E-state index in [1.54, 1.807) is 0 Å². The maximum absolute atomic E-state index is 9.75. The van der Waals surface area contributed by atoms with E-state index in [0.717, 1.165) is 33.6 Å². The number of hydrogen-bond donors (Lipinski definition) is 1. The van der Waals surface area contributed by atoms with Gasteiger partial charge in [-0.15, -0.1) is 0 Å². The Kier molecular flexibility index (Phi) is 8.75. The number of benzene rings is 4. The van der Waals surface area contributed by atoms with Crippen molar-refractivity contribution < 1.29 is 21.9 Å². The van der Waals surface area contributed by atoms with E-state index in [0.29, 0.717) is 12.1 Å². The zero-order valence-corrected chi connectivity index (χ0v) is 20.8. The van der Waals surface area contributed by atoms with E-state index < -0.39 is 7.25 Å². The minimum absolute atomic E-state index is 0.527. The van der Waals surface area contributed by atoms with Crippen molar-refractivity contribution in [3.63, 3.8) is 0 Å². The summed E-state index contributed by atoms with van der Waals surface area (Å²) in [5.74, 6) is 0. The summed E-state index contributed by atoms with van der Waals surface area (Å²) >= 11 is 0. The number of rotatable bonds is 6. The van der Waals surface area contributed by atoms with Gasteiger partial charge in [0.2, 0.25) is 11.4 Å². The van der Waals surface area contributed by atoms with Crippen molar-refractivity contribution in [1.82, 2.24) is 0 Å². The average Bonchev–Trinajstić information content (AvgIpc) is 2.96. The van der Waals surface area contributed by atoms with E-state index in [1.165, 1.54) is 5.56 Å². The number of nitriles is 1. The van der Waals surface area contributed by atoms with Gasteiger partial charge in [-0.3, -0.25) is 0 Å². The summed E-state index contributed by atoms with van der Waals surface area (Å²) in [5.41, 5.74) is 11.9. The van der Waals surface area contributed by atoms with Crippen LogP contribution in [0.4, 0.5) is 17.3 Å². The van der Waals surface area contributed by atoms with E-state index in [4.69, 9.17) is 0 Å². The van der Waals surface area contributed by atoms with Crippen molar-refractivity contribution in [3.8, 4) is 39.7 Å². The van der Waals surface area contributed by atoms with Crippen LogP contribution in [0.3, 0.4) is 0 Å². The van der Waals surface area contributed by atoms with Crippen LogP contribution in [0, 0.1) is 11.3 Å². The fourth-order valence-corrected chi connectivity index (χ4v) is 4.15. The Balaban J connectivity index is 0.000000648. The van der Waals surface area contributed by atoms with Crippen molar-refractivity contribution in [3.05, 3.63) is 139 Å². The highest BCUT2D eigenvalue weighted by Gasteiger charge is 2.23. The molecule has 5 aromatic rings. The molecule has 1 heterocycles. The minimum atomic E-state index is -6.00. The van der Waals surface area contributed by atoms with E-state index >= 15 is 0 Å². The largest absolute Gasteiger partial charge is 0.673 e. The Morgan fingerprint density at radius 2 is 1.00 bits per heavy atom. The number of nitrogens with zero attached hydrogens (tertiary/aromatic N) is 2. The highest BCUT2D eigenvalue weighted by molar-refractivity contribution is 6.50. The van der Waals surface area contributed by atoms with Crippen LogP contribution in [0.25, 0.3) is 33.6 Å². The third kappa shape index (κ3) is 7.56. The molecule has 0 bridgehead atoms. The monoisotopic (exact) mass is 525 g/mol. The highest BCUT2D eigenvalue weighted by atomic mass is 19.5. The lowest BCUT2D eigenvalue weighted by molar-refractivity contribution is -0.629. The summed E-state index contributed by atoms with van der Waals surface area (Å²) in [5, 5.41) is 9.56. The lowest BCUT2D eigenvalue weighted by atomic mass is 9.99. The van der Waals surface area contributed by atoms with Crippen LogP contribution >= 0.6 is 0 Å². The van der Waals surface area contributed by atoms with Crippen molar-refractivity contribution in [1.29, 1.82) is 5.26 Å². The normalized spacial score (nSPS) is 10.6. The molecule has 194 valence electrons. The summed E-state index contributed by atoms with van der Waals surface area (Å²) in [4.78, 5) is 0. The fraction of sp³-hybridized carbons (Fsp3) is 0.0323. The molecule has 5 rings (SSSR count). The quantitative estimate of drug-likeness (QED) is 0.139. The molecule has 1 aromatic heterocycles. The Labute approximate surface area is 224 Å². The van der Waals surface area contributed by atoms with Gasteiger partial charge in [0.1, 0.15) is 0 Å². The molecule has 0 saturated carbocycles. The molecule has 0 spiro atoms. The summed E-state index contributed by atoms with van der Waals surface area (Å²) in [6.07, 6.45) is 0. The fourth-order valence-electron chi connectivity index (χ4n) is 4.15. The van der Waals surface area contributed by atoms with Crippen molar-refractivity contribution in [2.45, 2.75) is 6.54 Å². The van der Waals surface area contributed by atoms with Gasteiger partial charge in [-0.05, 0) is 47.0 Å². The van der Waals surface area contributed by atoms with Crippen LogP contribution in [-0.2, 0) is 6.54 Å². The third-order valence-corrected chi connectivity index (χ3v) is 5.88. The molecule has 0 atom stereocenters. The van der Waals surface area contributed by atoms with Crippen LogP contribution in [-0.4, -0.2) is 7.25 Å². The first-order valence-corrected chi connectivity index (χ1v) is 12.2. The first-order valence-electron chi connectivity index (χ1n) is 12.2. The lowest BCUT2D eigenvalue weighted by Gasteiger charge is -2.13. The van der Waals surface area contributed by atoms with Gasteiger partial charge in [0.05, 0.1) is 18.2 Å². The maximum Gasteiger partial charge on any atom is 0.673 e. The van der Waals surface area contributed by atoms with Gasteiger partial charge in [0, 0.05) is 23.3 Å². The summed E-state index contributed by atoms with van der Waals surface area (Å²) < 4.78 is 41.1. The van der Waals surface area contributed by atoms with Crippen LogP contribution < -0.4 is 10.1 Å². The summed E-state index contributed by atoms with van der Waals surface area (Å²) in [7, 11) is -6.00. The molecule has 0 aliphatic carbocycles. The first-order chi connectivity index (χ1) is 18.8. The second kappa shape index (κ2) is 12.6. The molecule has 0 unspecified atom stereocenters. The molecule has 0 aliphatic rings. The number of pyridine rings is 1. The zero-order valence-electron chi connectivity index (χ0n) is 20.8. The summed E-state index contributed by atoms with van der Waals surface area (Å²) in [6, 6.07) is 45.7. The number of halogens is 4. The van der Waals surface area contributed by atoms with Gasteiger partial charge in [0.25, 0.3) is 0 Å². The van der Waals surface area contributed by atoms with Gasteiger partial charge < -0.3 is 17.3 Å². The molecule has 39 heavy (non-hydrogen) atoms. The van der Waals surface area contributed by atoms with Gasteiger partial charge in [-0.2, -0.15) is 10.7 Å². The van der Waals surface area contributed by atoms with Crippen molar-refractivity contribution in [2.24, 2.45) is 0 Å². The van der Waals surface area contributed by atoms with Crippen molar-refractivity contribution >= 4 is 7.25 Å². The first kappa shape index (κ1) is 27.1. The molecular weight excluding hydrogens is 501 g/mol. The number of nitrogens with one attached hydrogen (secondary N) is 1. The predicted octanol–water partition coefficient (Wildman–Crippen LogP) is 7.89. The average molecular weight is 525 g/mol. The van der Waals surface area contributed by atoms with Gasteiger partial charge in [0.15, 0.2) is 0 Å². The Morgan fingerprint density at radius 1 is 0.590 bits per heavy atom. The third-order valence-electron chi connectivity index (χ3n) is 5.88. The van der Waals surface area contributed by atoms with Crippen LogP contribution in [0.15, 0.2) is 127 Å². The lowest BCUT2D eigenvalue weighted by Crippen LogP contribution is -2.48. The molecule has 4 aromatic carbocycles. The van der Waals surface area contributed by atoms with Gasteiger partial charge >= 0.3 is 7.25 Å². The summed E-state index contributed by atoms with van der Waals surface area (Å²) in [6.45, 7) is 0.527. The Hall–Kier alpha value is -4.90. The molecule has 3 nitrogen and oxygen atoms in total. The standard InChI is InChI=1S/C31H24N3.BF4/c32-22-27-18-10-11-19-28(27)23-33-34-30(25-14-6-2-7-15-25)20-29(24-12-4-1-5-13-24)21-31(34)26-16-8-3-9-17-26;2-1(3,4)5/h1-21,33H,23H2;/q+1;-1. The number of hydrogen-bond acceptors (Lipinski definition) is 2. The molecule has 0 amide bonds. The Morgan fingerprint density at radius 3 is 1.46 bits per heavy atom. The van der Waals surface area contributed by atoms with E-state index in [-0.39, 0.29) is 0 Å². The molecule has 0 radical (unpaired) electrons. The number of aromatic nitrogens is 1. The molecule has 1 N–H and O–H groups in total. The molecule has 0 fully saturated rings. The van der Waals surface area contributed by atoms with E-state index in [2.05, 4.69) is 101 Å². The SMILES string of the molecule is F[B-](F)(F)F.N#Cc1ccccc1CN[n+]1c(-c2ccccc2)cc(-c2ccccc2)cc1-c1ccccc1. The topological polar surface area (TPSA) is 39.7 Å². The molecule has 0 saturated heterocycles. The van der Waals surface area contributed by atoms with Crippen molar-refractivity contribution in [2.75, 3.05) is 5.43 Å². The smallest absolute Gasteiger partial charge is 0.418 e.